The molecule has 15 heavy (non-hydrogen) atoms. The van der Waals surface area contributed by atoms with Gasteiger partial charge in [-0.1, -0.05) is 6.07 Å². The van der Waals surface area contributed by atoms with E-state index in [9.17, 15) is 9.90 Å². The average Bonchev–Trinajstić information content (AvgIpc) is 2.13. The minimum atomic E-state index is -0.254. The molecule has 1 aromatic rings. The molecule has 0 unspecified atom stereocenters. The molecule has 4 heteroatoms. The van der Waals surface area contributed by atoms with E-state index in [-0.39, 0.29) is 11.8 Å². The Morgan fingerprint density at radius 2 is 1.93 bits per heavy atom. The number of nitrogens with zero attached hydrogens (tertiary/aromatic N) is 1. The van der Waals surface area contributed by atoms with Gasteiger partial charge in [0.15, 0.2) is 0 Å². The van der Waals surface area contributed by atoms with Crippen LogP contribution in [-0.4, -0.2) is 30.1 Å². The summed E-state index contributed by atoms with van der Waals surface area (Å²) in [5.74, 6) is 0.121. The van der Waals surface area contributed by atoms with Crippen molar-refractivity contribution in [3.05, 3.63) is 23.3 Å². The van der Waals surface area contributed by atoms with Gasteiger partial charge in [0.2, 0.25) is 0 Å². The molecule has 0 heterocycles. The van der Waals surface area contributed by atoms with Crippen LogP contribution in [0.5, 0.6) is 5.75 Å². The third-order valence-electron chi connectivity index (χ3n) is 2.09. The number of carbonyl (C=O) groups is 1. The monoisotopic (exact) mass is 208 g/mol. The van der Waals surface area contributed by atoms with Crippen molar-refractivity contribution >= 4 is 11.7 Å². The second kappa shape index (κ2) is 4.21. The molecule has 4 nitrogen and oxygen atoms in total. The highest BCUT2D eigenvalue weighted by atomic mass is 16.3. The number of phenols is 1. The van der Waals surface area contributed by atoms with Crippen LogP contribution in [-0.2, 0) is 0 Å². The first-order chi connectivity index (χ1) is 6.91. The van der Waals surface area contributed by atoms with Crippen molar-refractivity contribution < 1.29 is 9.90 Å². The van der Waals surface area contributed by atoms with Crippen LogP contribution >= 0.6 is 0 Å². The number of hydrogen-bond donors (Lipinski definition) is 2. The second-order valence-electron chi connectivity index (χ2n) is 3.80. The first-order valence-corrected chi connectivity index (χ1v) is 4.70. The lowest BCUT2D eigenvalue weighted by Gasteiger charge is -2.14. The van der Waals surface area contributed by atoms with E-state index < -0.39 is 0 Å². The summed E-state index contributed by atoms with van der Waals surface area (Å²) in [6.45, 7) is 3.71. The zero-order chi connectivity index (χ0) is 11.6. The summed E-state index contributed by atoms with van der Waals surface area (Å²) in [4.78, 5) is 12.8. The number of aromatic hydroxyl groups is 1. The fraction of sp³-hybridized carbons (Fsp3) is 0.364. The molecule has 0 atom stereocenters. The molecular formula is C11H16N2O2. The lowest BCUT2D eigenvalue weighted by atomic mass is 10.1. The zero-order valence-corrected chi connectivity index (χ0v) is 9.46. The number of amides is 2. The lowest BCUT2D eigenvalue weighted by molar-refractivity contribution is 0.230. The van der Waals surface area contributed by atoms with Crippen LogP contribution in [0.15, 0.2) is 12.1 Å². The normalized spacial score (nSPS) is 9.87. The zero-order valence-electron chi connectivity index (χ0n) is 9.46. The largest absolute Gasteiger partial charge is 0.505 e. The molecule has 0 radical (unpaired) electrons. The molecule has 0 aliphatic rings. The number of rotatable bonds is 1. The number of anilines is 1. The maximum atomic E-state index is 11.4. The van der Waals surface area contributed by atoms with E-state index in [1.807, 2.05) is 13.0 Å². The van der Waals surface area contributed by atoms with E-state index in [1.54, 1.807) is 27.1 Å². The summed E-state index contributed by atoms with van der Waals surface area (Å²) in [5, 5.41) is 12.3. The second-order valence-corrected chi connectivity index (χ2v) is 3.80. The van der Waals surface area contributed by atoms with Gasteiger partial charge in [0.05, 0.1) is 5.69 Å². The molecule has 1 rings (SSSR count). The topological polar surface area (TPSA) is 52.6 Å². The van der Waals surface area contributed by atoms with Crippen molar-refractivity contribution in [1.29, 1.82) is 0 Å². The summed E-state index contributed by atoms with van der Waals surface area (Å²) < 4.78 is 0. The predicted molar refractivity (Wildman–Crippen MR) is 60.3 cm³/mol. The van der Waals surface area contributed by atoms with Gasteiger partial charge in [-0.2, -0.15) is 0 Å². The average molecular weight is 208 g/mol. The van der Waals surface area contributed by atoms with Crippen molar-refractivity contribution in [2.75, 3.05) is 19.4 Å². The van der Waals surface area contributed by atoms with E-state index in [0.717, 1.165) is 11.1 Å². The van der Waals surface area contributed by atoms with Crippen LogP contribution in [0, 0.1) is 13.8 Å². The Bertz CT molecular complexity index is 386. The molecule has 2 N–H and O–H groups in total. The molecule has 0 aliphatic heterocycles. The molecule has 1 aromatic carbocycles. The van der Waals surface area contributed by atoms with Gasteiger partial charge < -0.3 is 15.3 Å². The molecule has 0 aromatic heterocycles. The quantitative estimate of drug-likeness (QED) is 0.694. The van der Waals surface area contributed by atoms with Gasteiger partial charge in [-0.15, -0.1) is 0 Å². The Labute approximate surface area is 89.5 Å². The summed E-state index contributed by atoms with van der Waals surface area (Å²) >= 11 is 0. The maximum absolute atomic E-state index is 11.4. The number of nitrogens with one attached hydrogen (secondary N) is 1. The first kappa shape index (κ1) is 11.4. The van der Waals surface area contributed by atoms with Crippen LogP contribution < -0.4 is 5.32 Å². The number of carbonyl (C=O) groups excluding carboxylic acids is 1. The summed E-state index contributed by atoms with van der Waals surface area (Å²) in [5.41, 5.74) is 2.20. The van der Waals surface area contributed by atoms with E-state index >= 15 is 0 Å². The van der Waals surface area contributed by atoms with Crippen LogP contribution in [0.4, 0.5) is 10.5 Å². The van der Waals surface area contributed by atoms with Gasteiger partial charge in [-0.05, 0) is 31.0 Å². The van der Waals surface area contributed by atoms with Crippen LogP contribution in [0.2, 0.25) is 0 Å². The van der Waals surface area contributed by atoms with Crippen molar-refractivity contribution in [3.8, 4) is 5.75 Å². The smallest absolute Gasteiger partial charge is 0.321 e. The van der Waals surface area contributed by atoms with Gasteiger partial charge in [0, 0.05) is 14.1 Å². The number of phenolic OH excluding ortho intramolecular Hbond substituents is 1. The molecule has 0 aliphatic carbocycles. The lowest BCUT2D eigenvalue weighted by Crippen LogP contribution is -2.27. The van der Waals surface area contributed by atoms with Gasteiger partial charge >= 0.3 is 6.03 Å². The van der Waals surface area contributed by atoms with E-state index in [4.69, 9.17) is 0 Å². The molecule has 0 saturated carbocycles. The summed E-state index contributed by atoms with van der Waals surface area (Å²) in [7, 11) is 3.30. The highest BCUT2D eigenvalue weighted by molar-refractivity contribution is 5.91. The van der Waals surface area contributed by atoms with Gasteiger partial charge in [0.25, 0.3) is 0 Å². The van der Waals surface area contributed by atoms with E-state index in [0.29, 0.717) is 5.69 Å². The number of hydrogen-bond acceptors (Lipinski definition) is 2. The Hall–Kier alpha value is -1.71. The van der Waals surface area contributed by atoms with Gasteiger partial charge in [-0.3, -0.25) is 0 Å². The molecule has 82 valence electrons. The standard InChI is InChI=1S/C11H16N2O2/c1-7-5-8(2)10(14)9(6-7)12-11(15)13(3)4/h5-6,14H,1-4H3,(H,12,15). The summed E-state index contributed by atoms with van der Waals surface area (Å²) in [6.07, 6.45) is 0. The number of aryl methyl sites for hydroxylation is 2. The van der Waals surface area contributed by atoms with Gasteiger partial charge in [-0.25, -0.2) is 4.79 Å². The fourth-order valence-electron chi connectivity index (χ4n) is 1.28. The van der Waals surface area contributed by atoms with Crippen molar-refractivity contribution in [3.63, 3.8) is 0 Å². The first-order valence-electron chi connectivity index (χ1n) is 4.70. The highest BCUT2D eigenvalue weighted by Crippen LogP contribution is 2.28. The number of benzene rings is 1. The molecule has 0 bridgehead atoms. The van der Waals surface area contributed by atoms with Gasteiger partial charge in [0.1, 0.15) is 5.75 Å². The van der Waals surface area contributed by atoms with E-state index in [2.05, 4.69) is 5.32 Å². The minimum absolute atomic E-state index is 0.121. The minimum Gasteiger partial charge on any atom is -0.505 e. The van der Waals surface area contributed by atoms with Crippen LogP contribution in [0.25, 0.3) is 0 Å². The Morgan fingerprint density at radius 1 is 1.33 bits per heavy atom. The van der Waals surface area contributed by atoms with Crippen LogP contribution in [0.3, 0.4) is 0 Å². The van der Waals surface area contributed by atoms with Crippen molar-refractivity contribution in [2.24, 2.45) is 0 Å². The summed E-state index contributed by atoms with van der Waals surface area (Å²) in [6, 6.07) is 3.35. The Morgan fingerprint density at radius 3 is 2.47 bits per heavy atom. The predicted octanol–water partition coefficient (Wildman–Crippen LogP) is 2.10. The van der Waals surface area contributed by atoms with E-state index in [1.165, 1.54) is 4.90 Å². The molecule has 2 amide bonds. The maximum Gasteiger partial charge on any atom is 0.321 e. The molecular weight excluding hydrogens is 192 g/mol. The van der Waals surface area contributed by atoms with Crippen molar-refractivity contribution in [1.82, 2.24) is 4.90 Å². The third kappa shape index (κ3) is 2.62. The SMILES string of the molecule is Cc1cc(C)c(O)c(NC(=O)N(C)C)c1. The van der Waals surface area contributed by atoms with Crippen molar-refractivity contribution in [2.45, 2.75) is 13.8 Å². The third-order valence-corrected chi connectivity index (χ3v) is 2.09. The number of urea groups is 1. The molecule has 0 saturated heterocycles. The molecule has 0 fully saturated rings. The highest BCUT2D eigenvalue weighted by Gasteiger charge is 2.09. The molecule has 0 spiro atoms. The Balaban J connectivity index is 2.99. The van der Waals surface area contributed by atoms with Crippen LogP contribution in [0.1, 0.15) is 11.1 Å². The Kier molecular flexibility index (Phi) is 3.19. The fourth-order valence-corrected chi connectivity index (χ4v) is 1.28.